The van der Waals surface area contributed by atoms with Crippen molar-refractivity contribution in [2.45, 2.75) is 25.7 Å². The molecule has 10 heavy (non-hydrogen) atoms. The van der Waals surface area contributed by atoms with Crippen LogP contribution in [-0.2, 0) is 0 Å². The lowest BCUT2D eigenvalue weighted by molar-refractivity contribution is 0.902. The van der Waals surface area contributed by atoms with Crippen molar-refractivity contribution in [3.05, 3.63) is 23.8 Å². The fourth-order valence-electron chi connectivity index (χ4n) is 0.954. The second kappa shape index (κ2) is 2.04. The van der Waals surface area contributed by atoms with Crippen LogP contribution in [0.4, 0.5) is 0 Å². The molecule has 0 aromatic carbocycles. The van der Waals surface area contributed by atoms with Crippen LogP contribution in [0.1, 0.15) is 30.3 Å². The lowest BCUT2D eigenvalue weighted by Crippen LogP contribution is -1.92. The van der Waals surface area contributed by atoms with Crippen LogP contribution in [-0.4, -0.2) is 9.97 Å². The average Bonchev–Trinajstić information content (AvgIpc) is 2.68. The fraction of sp³-hybridized carbons (Fsp3) is 0.500. The van der Waals surface area contributed by atoms with Crippen LogP contribution in [0.5, 0.6) is 0 Å². The number of nitrogens with zero attached hydrogens (tertiary/aromatic N) is 2. The Morgan fingerprint density at radius 1 is 1.60 bits per heavy atom. The molecule has 1 aliphatic carbocycles. The molecule has 0 spiro atoms. The van der Waals surface area contributed by atoms with E-state index in [4.69, 9.17) is 0 Å². The molecule has 0 N–H and O–H groups in total. The second-order valence-electron chi connectivity index (χ2n) is 2.77. The zero-order chi connectivity index (χ0) is 6.97. The summed E-state index contributed by atoms with van der Waals surface area (Å²) >= 11 is 0. The van der Waals surface area contributed by atoms with E-state index in [2.05, 4.69) is 16.2 Å². The molecule has 2 rings (SSSR count). The number of hydrogen-bond donors (Lipinski definition) is 0. The predicted octanol–water partition coefficient (Wildman–Crippen LogP) is 1.46. The zero-order valence-electron chi connectivity index (χ0n) is 5.96. The van der Waals surface area contributed by atoms with E-state index in [-0.39, 0.29) is 0 Å². The highest BCUT2D eigenvalue weighted by atomic mass is 14.9. The van der Waals surface area contributed by atoms with Gasteiger partial charge in [0.1, 0.15) is 5.82 Å². The Morgan fingerprint density at radius 2 is 2.40 bits per heavy atom. The molecule has 2 nitrogen and oxygen atoms in total. The number of aryl methyl sites for hydroxylation is 1. The van der Waals surface area contributed by atoms with Gasteiger partial charge in [-0.05, 0) is 25.8 Å². The molecule has 0 amide bonds. The summed E-state index contributed by atoms with van der Waals surface area (Å²) in [6.45, 7) is 1.98. The van der Waals surface area contributed by atoms with Crippen LogP contribution >= 0.6 is 0 Å². The van der Waals surface area contributed by atoms with Crippen molar-refractivity contribution in [1.29, 1.82) is 0 Å². The third-order valence-electron chi connectivity index (χ3n) is 1.69. The molecule has 1 fully saturated rings. The minimum atomic E-state index is 0.649. The Kier molecular flexibility index (Phi) is 1.19. The van der Waals surface area contributed by atoms with Gasteiger partial charge in [0, 0.05) is 11.6 Å². The van der Waals surface area contributed by atoms with E-state index in [0.717, 1.165) is 11.5 Å². The largest absolute Gasteiger partial charge is 0.238 e. The lowest BCUT2D eigenvalue weighted by atomic mass is 10.3. The molecule has 0 bridgehead atoms. The van der Waals surface area contributed by atoms with Crippen molar-refractivity contribution in [3.8, 4) is 0 Å². The first kappa shape index (κ1) is 5.83. The highest BCUT2D eigenvalue weighted by Crippen LogP contribution is 2.37. The summed E-state index contributed by atoms with van der Waals surface area (Å²) in [5.74, 6) is 1.64. The van der Waals surface area contributed by atoms with Gasteiger partial charge in [-0.1, -0.05) is 0 Å². The summed E-state index contributed by atoms with van der Waals surface area (Å²) in [5.41, 5.74) is 1.02. The molecular formula is C8H9N2. The number of aromatic nitrogens is 2. The standard InChI is InChI=1S/C8H9N2/c1-6-4-5-9-8(10-6)7-2-3-7/h4,7H,2-3H2,1H3. The molecule has 1 heterocycles. The summed E-state index contributed by atoms with van der Waals surface area (Å²) < 4.78 is 0. The summed E-state index contributed by atoms with van der Waals surface area (Å²) in [6, 6.07) is 1.81. The van der Waals surface area contributed by atoms with Crippen molar-refractivity contribution < 1.29 is 0 Å². The van der Waals surface area contributed by atoms with E-state index in [0.29, 0.717) is 5.92 Å². The van der Waals surface area contributed by atoms with Gasteiger partial charge in [0.15, 0.2) is 0 Å². The van der Waals surface area contributed by atoms with E-state index >= 15 is 0 Å². The first-order valence-electron chi connectivity index (χ1n) is 3.58. The van der Waals surface area contributed by atoms with Crippen molar-refractivity contribution in [2.75, 3.05) is 0 Å². The summed E-state index contributed by atoms with van der Waals surface area (Å²) in [7, 11) is 0. The molecule has 0 saturated heterocycles. The Balaban J connectivity index is 2.32. The summed E-state index contributed by atoms with van der Waals surface area (Å²) in [5, 5.41) is 0. The van der Waals surface area contributed by atoms with E-state index in [9.17, 15) is 0 Å². The Morgan fingerprint density at radius 3 is 3.00 bits per heavy atom. The number of rotatable bonds is 1. The maximum atomic E-state index is 4.29. The molecular weight excluding hydrogens is 124 g/mol. The van der Waals surface area contributed by atoms with Crippen molar-refractivity contribution in [3.63, 3.8) is 0 Å². The van der Waals surface area contributed by atoms with Gasteiger partial charge in [0.25, 0.3) is 0 Å². The van der Waals surface area contributed by atoms with Gasteiger partial charge in [-0.15, -0.1) is 0 Å². The van der Waals surface area contributed by atoms with E-state index in [1.54, 1.807) is 0 Å². The first-order valence-corrected chi connectivity index (χ1v) is 3.58. The lowest BCUT2D eigenvalue weighted by Gasteiger charge is -1.94. The van der Waals surface area contributed by atoms with Gasteiger partial charge in [-0.3, -0.25) is 0 Å². The predicted molar refractivity (Wildman–Crippen MR) is 37.6 cm³/mol. The van der Waals surface area contributed by atoms with Gasteiger partial charge in [0.05, 0.1) is 6.20 Å². The van der Waals surface area contributed by atoms with Crippen molar-refractivity contribution >= 4 is 0 Å². The first-order chi connectivity index (χ1) is 4.86. The smallest absolute Gasteiger partial charge is 0.132 e. The summed E-state index contributed by atoms with van der Waals surface area (Å²) in [6.07, 6.45) is 5.36. The third-order valence-corrected chi connectivity index (χ3v) is 1.69. The minimum Gasteiger partial charge on any atom is -0.238 e. The van der Waals surface area contributed by atoms with E-state index in [1.807, 2.05) is 13.0 Å². The Labute approximate surface area is 60.3 Å². The highest BCUT2D eigenvalue weighted by Gasteiger charge is 2.26. The molecule has 1 aliphatic rings. The van der Waals surface area contributed by atoms with Gasteiger partial charge >= 0.3 is 0 Å². The van der Waals surface area contributed by atoms with Crippen molar-refractivity contribution in [1.82, 2.24) is 9.97 Å². The molecule has 0 unspecified atom stereocenters. The normalized spacial score (nSPS) is 17.3. The molecule has 1 saturated carbocycles. The fourth-order valence-corrected chi connectivity index (χ4v) is 0.954. The van der Waals surface area contributed by atoms with Gasteiger partial charge in [-0.25, -0.2) is 9.97 Å². The average molecular weight is 133 g/mol. The topological polar surface area (TPSA) is 25.8 Å². The van der Waals surface area contributed by atoms with Gasteiger partial charge < -0.3 is 0 Å². The molecule has 2 heteroatoms. The maximum Gasteiger partial charge on any atom is 0.132 e. The zero-order valence-corrected chi connectivity index (χ0v) is 5.96. The molecule has 51 valence electrons. The van der Waals surface area contributed by atoms with E-state index < -0.39 is 0 Å². The van der Waals surface area contributed by atoms with Gasteiger partial charge in [-0.2, -0.15) is 0 Å². The van der Waals surface area contributed by atoms with Crippen molar-refractivity contribution in [2.24, 2.45) is 0 Å². The van der Waals surface area contributed by atoms with E-state index in [1.165, 1.54) is 12.8 Å². The SMILES string of the molecule is Cc1c[c]nc(C2CC2)n1. The molecule has 1 radical (unpaired) electrons. The Bertz CT molecular complexity index is 241. The van der Waals surface area contributed by atoms with Crippen LogP contribution in [0.25, 0.3) is 0 Å². The van der Waals surface area contributed by atoms with Crippen LogP contribution in [0.15, 0.2) is 6.07 Å². The highest BCUT2D eigenvalue weighted by molar-refractivity contribution is 5.07. The number of hydrogen-bond acceptors (Lipinski definition) is 2. The van der Waals surface area contributed by atoms with Crippen LogP contribution in [0.3, 0.4) is 0 Å². The molecule has 0 atom stereocenters. The van der Waals surface area contributed by atoms with Crippen LogP contribution in [0.2, 0.25) is 0 Å². The molecule has 1 aromatic rings. The molecule has 0 aliphatic heterocycles. The minimum absolute atomic E-state index is 0.649. The monoisotopic (exact) mass is 133 g/mol. The maximum absolute atomic E-state index is 4.29. The summed E-state index contributed by atoms with van der Waals surface area (Å²) in [4.78, 5) is 8.36. The van der Waals surface area contributed by atoms with Gasteiger partial charge in [0.2, 0.25) is 0 Å². The van der Waals surface area contributed by atoms with Crippen LogP contribution in [0, 0.1) is 13.1 Å². The quantitative estimate of drug-likeness (QED) is 0.579. The van der Waals surface area contributed by atoms with Crippen LogP contribution < -0.4 is 0 Å². The third kappa shape index (κ3) is 1.01. The molecule has 1 aromatic heterocycles. The second-order valence-corrected chi connectivity index (χ2v) is 2.77. The Hall–Kier alpha value is -0.920.